The molecule has 2 aromatic carbocycles. The van der Waals surface area contributed by atoms with Crippen molar-refractivity contribution in [2.24, 2.45) is 0 Å². The molecule has 1 aliphatic carbocycles. The summed E-state index contributed by atoms with van der Waals surface area (Å²) >= 11 is 0. The summed E-state index contributed by atoms with van der Waals surface area (Å²) < 4.78 is 0. The van der Waals surface area contributed by atoms with Crippen molar-refractivity contribution >= 4 is 0 Å². The van der Waals surface area contributed by atoms with E-state index in [2.05, 4.69) is 35.6 Å². The maximum atomic E-state index is 9.88. The van der Waals surface area contributed by atoms with Crippen LogP contribution in [0.3, 0.4) is 0 Å². The van der Waals surface area contributed by atoms with E-state index >= 15 is 0 Å². The molecule has 0 amide bonds. The van der Waals surface area contributed by atoms with Crippen molar-refractivity contribution < 1.29 is 5.11 Å². The van der Waals surface area contributed by atoms with E-state index in [-0.39, 0.29) is 0 Å². The van der Waals surface area contributed by atoms with E-state index in [0.29, 0.717) is 17.7 Å². The minimum atomic E-state index is 0.386. The number of para-hydroxylation sites is 1. The van der Waals surface area contributed by atoms with Gasteiger partial charge in [-0.05, 0) is 30.4 Å². The third-order valence-corrected chi connectivity index (χ3v) is 4.54. The average Bonchev–Trinajstić information content (AvgIpc) is 2.55. The Kier molecular flexibility index (Phi) is 4.56. The summed E-state index contributed by atoms with van der Waals surface area (Å²) in [5, 5.41) is 13.6. The molecular weight excluding hydrogens is 258 g/mol. The number of nitrogens with one attached hydrogen (secondary N) is 1. The predicted octanol–water partition coefficient (Wildman–Crippen LogP) is 4.21. The van der Waals surface area contributed by atoms with E-state index in [1.807, 2.05) is 18.2 Å². The number of rotatable bonds is 4. The molecule has 0 aromatic heterocycles. The van der Waals surface area contributed by atoms with Gasteiger partial charge >= 0.3 is 0 Å². The van der Waals surface area contributed by atoms with Gasteiger partial charge in [0.25, 0.3) is 0 Å². The Morgan fingerprint density at radius 2 is 1.62 bits per heavy atom. The Morgan fingerprint density at radius 1 is 0.905 bits per heavy atom. The fourth-order valence-electron chi connectivity index (χ4n) is 3.38. The van der Waals surface area contributed by atoms with Crippen LogP contribution < -0.4 is 5.32 Å². The van der Waals surface area contributed by atoms with E-state index in [0.717, 1.165) is 12.1 Å². The molecule has 0 spiro atoms. The Balaban J connectivity index is 1.69. The molecule has 1 saturated carbocycles. The molecule has 0 saturated heterocycles. The molecular formula is C19H23NO. The summed E-state index contributed by atoms with van der Waals surface area (Å²) in [7, 11) is 0. The highest BCUT2D eigenvalue weighted by atomic mass is 16.3. The van der Waals surface area contributed by atoms with E-state index < -0.39 is 0 Å². The summed E-state index contributed by atoms with van der Waals surface area (Å²) in [4.78, 5) is 0. The fraction of sp³-hybridized carbons (Fsp3) is 0.368. The number of phenols is 1. The Labute approximate surface area is 126 Å². The average molecular weight is 281 g/mol. The Hall–Kier alpha value is -1.80. The van der Waals surface area contributed by atoms with Crippen molar-refractivity contribution in [1.29, 1.82) is 0 Å². The maximum Gasteiger partial charge on any atom is 0.120 e. The van der Waals surface area contributed by atoms with Crippen LogP contribution in [0, 0.1) is 0 Å². The number of hydrogen-bond donors (Lipinski definition) is 2. The van der Waals surface area contributed by atoms with Gasteiger partial charge in [-0.15, -0.1) is 0 Å². The van der Waals surface area contributed by atoms with Gasteiger partial charge in [0.2, 0.25) is 0 Å². The van der Waals surface area contributed by atoms with E-state index in [1.165, 1.54) is 31.2 Å². The number of hydrogen-bond acceptors (Lipinski definition) is 2. The second-order valence-corrected chi connectivity index (χ2v) is 5.92. The molecule has 1 aliphatic rings. The van der Waals surface area contributed by atoms with Gasteiger partial charge in [0.1, 0.15) is 5.75 Å². The van der Waals surface area contributed by atoms with E-state index in [1.54, 1.807) is 6.07 Å². The minimum absolute atomic E-state index is 0.386. The van der Waals surface area contributed by atoms with Gasteiger partial charge in [0.15, 0.2) is 0 Å². The lowest BCUT2D eigenvalue weighted by Gasteiger charge is -2.33. The minimum Gasteiger partial charge on any atom is -0.508 e. The highest BCUT2D eigenvalue weighted by Gasteiger charge is 2.25. The zero-order valence-corrected chi connectivity index (χ0v) is 12.3. The first-order valence-electron chi connectivity index (χ1n) is 7.90. The third kappa shape index (κ3) is 3.45. The fourth-order valence-corrected chi connectivity index (χ4v) is 3.38. The first-order valence-corrected chi connectivity index (χ1v) is 7.90. The van der Waals surface area contributed by atoms with Gasteiger partial charge in [0, 0.05) is 18.2 Å². The topological polar surface area (TPSA) is 32.3 Å². The van der Waals surface area contributed by atoms with Crippen molar-refractivity contribution in [3.63, 3.8) is 0 Å². The third-order valence-electron chi connectivity index (χ3n) is 4.54. The number of benzene rings is 2. The number of phenolic OH excluding ortho intramolecular Hbond substituents is 1. The van der Waals surface area contributed by atoms with Crippen LogP contribution in [-0.4, -0.2) is 11.1 Å². The molecule has 0 radical (unpaired) electrons. The molecule has 2 aromatic rings. The lowest BCUT2D eigenvalue weighted by Crippen LogP contribution is -2.36. The molecule has 0 aliphatic heterocycles. The van der Waals surface area contributed by atoms with Crippen LogP contribution in [0.1, 0.15) is 42.7 Å². The Morgan fingerprint density at radius 3 is 2.43 bits per heavy atom. The number of aromatic hydroxyl groups is 1. The van der Waals surface area contributed by atoms with Gasteiger partial charge < -0.3 is 10.4 Å². The van der Waals surface area contributed by atoms with Gasteiger partial charge in [-0.1, -0.05) is 61.4 Å². The lowest BCUT2D eigenvalue weighted by molar-refractivity contribution is 0.324. The van der Waals surface area contributed by atoms with Crippen LogP contribution in [0.25, 0.3) is 0 Å². The van der Waals surface area contributed by atoms with E-state index in [4.69, 9.17) is 0 Å². The zero-order valence-electron chi connectivity index (χ0n) is 12.3. The highest BCUT2D eigenvalue weighted by molar-refractivity contribution is 5.31. The summed E-state index contributed by atoms with van der Waals surface area (Å²) in [6, 6.07) is 18.9. The normalized spacial score (nSPS) is 22.1. The summed E-state index contributed by atoms with van der Waals surface area (Å²) in [6.07, 6.45) is 5.08. The van der Waals surface area contributed by atoms with Crippen molar-refractivity contribution in [2.75, 3.05) is 0 Å². The molecule has 0 bridgehead atoms. The summed E-state index contributed by atoms with van der Waals surface area (Å²) in [5.41, 5.74) is 2.42. The second kappa shape index (κ2) is 6.77. The van der Waals surface area contributed by atoms with Crippen molar-refractivity contribution in [1.82, 2.24) is 5.32 Å². The van der Waals surface area contributed by atoms with Crippen LogP contribution in [0.4, 0.5) is 0 Å². The Bertz CT molecular complexity index is 567. The molecule has 2 nitrogen and oxygen atoms in total. The standard InChI is InChI=1S/C19H23NO/c21-19-13-7-4-10-16(19)14-20-18-12-6-5-11-17(18)15-8-2-1-3-9-15/h1-4,7-10,13,17-18,20-21H,5-6,11-12,14H2. The van der Waals surface area contributed by atoms with Crippen LogP contribution in [0.5, 0.6) is 5.75 Å². The monoisotopic (exact) mass is 281 g/mol. The van der Waals surface area contributed by atoms with Crippen molar-refractivity contribution in [2.45, 2.75) is 44.2 Å². The van der Waals surface area contributed by atoms with Crippen LogP contribution in [0.15, 0.2) is 54.6 Å². The molecule has 3 rings (SSSR count). The van der Waals surface area contributed by atoms with E-state index in [9.17, 15) is 5.11 Å². The van der Waals surface area contributed by atoms with Gasteiger partial charge in [-0.3, -0.25) is 0 Å². The highest BCUT2D eigenvalue weighted by Crippen LogP contribution is 2.33. The van der Waals surface area contributed by atoms with Gasteiger partial charge in [-0.25, -0.2) is 0 Å². The molecule has 2 unspecified atom stereocenters. The molecule has 2 N–H and O–H groups in total. The first-order chi connectivity index (χ1) is 10.3. The molecule has 1 fully saturated rings. The summed E-state index contributed by atoms with van der Waals surface area (Å²) in [5.74, 6) is 0.975. The maximum absolute atomic E-state index is 9.88. The molecule has 0 heterocycles. The van der Waals surface area contributed by atoms with Gasteiger partial charge in [-0.2, -0.15) is 0 Å². The molecule has 2 atom stereocenters. The molecule has 2 heteroatoms. The van der Waals surface area contributed by atoms with Crippen molar-refractivity contribution in [3.05, 3.63) is 65.7 Å². The molecule has 21 heavy (non-hydrogen) atoms. The zero-order chi connectivity index (χ0) is 14.5. The SMILES string of the molecule is Oc1ccccc1CNC1CCCCC1c1ccccc1. The quantitative estimate of drug-likeness (QED) is 0.880. The predicted molar refractivity (Wildman–Crippen MR) is 86.4 cm³/mol. The molecule has 110 valence electrons. The summed E-state index contributed by atoms with van der Waals surface area (Å²) in [6.45, 7) is 0.737. The largest absolute Gasteiger partial charge is 0.508 e. The van der Waals surface area contributed by atoms with Crippen LogP contribution in [0.2, 0.25) is 0 Å². The second-order valence-electron chi connectivity index (χ2n) is 5.92. The lowest BCUT2D eigenvalue weighted by atomic mass is 9.80. The van der Waals surface area contributed by atoms with Crippen LogP contribution in [-0.2, 0) is 6.54 Å². The first kappa shape index (κ1) is 14.2. The van der Waals surface area contributed by atoms with Crippen molar-refractivity contribution in [3.8, 4) is 5.75 Å². The van der Waals surface area contributed by atoms with Crippen LogP contribution >= 0.6 is 0 Å². The smallest absolute Gasteiger partial charge is 0.120 e. The van der Waals surface area contributed by atoms with Gasteiger partial charge in [0.05, 0.1) is 0 Å².